The molecule has 15 heavy (non-hydrogen) atoms. The van der Waals surface area contributed by atoms with Gasteiger partial charge in [-0.2, -0.15) is 0 Å². The van der Waals surface area contributed by atoms with Crippen molar-refractivity contribution in [3.05, 3.63) is 29.0 Å². The molecule has 0 saturated heterocycles. The van der Waals surface area contributed by atoms with Crippen molar-refractivity contribution in [3.63, 3.8) is 0 Å². The number of fused-ring (bicyclic) bond motifs is 1. The Morgan fingerprint density at radius 3 is 2.93 bits per heavy atom. The fraction of sp³-hybridized carbons (Fsp3) is 0.364. The Hall–Kier alpha value is -1.13. The third kappa shape index (κ3) is 1.96. The first-order valence-electron chi connectivity index (χ1n) is 4.92. The van der Waals surface area contributed by atoms with Gasteiger partial charge in [0, 0.05) is 7.11 Å². The van der Waals surface area contributed by atoms with Crippen LogP contribution in [0.1, 0.15) is 6.92 Å². The van der Waals surface area contributed by atoms with E-state index >= 15 is 0 Å². The molecule has 0 aliphatic carbocycles. The van der Waals surface area contributed by atoms with Crippen LogP contribution in [0.4, 0.5) is 0 Å². The van der Waals surface area contributed by atoms with Gasteiger partial charge in [0.15, 0.2) is 4.77 Å². The van der Waals surface area contributed by atoms with E-state index in [1.54, 1.807) is 7.11 Å². The van der Waals surface area contributed by atoms with Crippen LogP contribution >= 0.6 is 12.2 Å². The zero-order chi connectivity index (χ0) is 10.8. The quantitative estimate of drug-likeness (QED) is 0.809. The summed E-state index contributed by atoms with van der Waals surface area (Å²) in [5.74, 6) is 0. The average Bonchev–Trinajstić information content (AvgIpc) is 2.55. The van der Waals surface area contributed by atoms with Gasteiger partial charge in [-0.25, -0.2) is 0 Å². The van der Waals surface area contributed by atoms with Gasteiger partial charge in [-0.05, 0) is 31.3 Å². The lowest BCUT2D eigenvalue weighted by Gasteiger charge is -2.10. The molecule has 0 radical (unpaired) electrons. The van der Waals surface area contributed by atoms with Crippen molar-refractivity contribution in [1.29, 1.82) is 0 Å². The Labute approximate surface area is 93.7 Å². The summed E-state index contributed by atoms with van der Waals surface area (Å²) >= 11 is 5.27. The van der Waals surface area contributed by atoms with E-state index in [9.17, 15) is 0 Å². The minimum atomic E-state index is 0.163. The second-order valence-electron chi connectivity index (χ2n) is 3.60. The van der Waals surface area contributed by atoms with E-state index in [2.05, 4.69) is 15.6 Å². The van der Waals surface area contributed by atoms with Gasteiger partial charge in [0.2, 0.25) is 0 Å². The summed E-state index contributed by atoms with van der Waals surface area (Å²) in [5, 5.41) is 0. The number of nitrogens with zero attached hydrogens (tertiary/aromatic N) is 1. The van der Waals surface area contributed by atoms with Crippen LogP contribution in [0.15, 0.2) is 24.3 Å². The zero-order valence-corrected chi connectivity index (χ0v) is 9.67. The van der Waals surface area contributed by atoms with Gasteiger partial charge in [-0.3, -0.25) is 0 Å². The van der Waals surface area contributed by atoms with Crippen molar-refractivity contribution in [2.45, 2.75) is 19.6 Å². The van der Waals surface area contributed by atoms with Crippen LogP contribution in [0.5, 0.6) is 0 Å². The van der Waals surface area contributed by atoms with E-state index in [0.29, 0.717) is 0 Å². The lowest BCUT2D eigenvalue weighted by atomic mass is 10.3. The van der Waals surface area contributed by atoms with Crippen LogP contribution in [0.3, 0.4) is 0 Å². The van der Waals surface area contributed by atoms with Crippen LogP contribution < -0.4 is 0 Å². The van der Waals surface area contributed by atoms with Crippen LogP contribution in [-0.2, 0) is 11.3 Å². The lowest BCUT2D eigenvalue weighted by Crippen LogP contribution is -2.14. The average molecular weight is 222 g/mol. The van der Waals surface area contributed by atoms with Gasteiger partial charge < -0.3 is 14.3 Å². The summed E-state index contributed by atoms with van der Waals surface area (Å²) in [6, 6.07) is 8.10. The molecule has 1 atom stereocenters. The highest BCUT2D eigenvalue weighted by Crippen LogP contribution is 2.14. The number of methoxy groups -OCH3 is 1. The molecule has 3 nitrogen and oxygen atoms in total. The molecule has 1 aromatic carbocycles. The van der Waals surface area contributed by atoms with Crippen molar-refractivity contribution in [3.8, 4) is 0 Å². The Kier molecular flexibility index (Phi) is 2.88. The van der Waals surface area contributed by atoms with E-state index in [0.717, 1.165) is 22.3 Å². The van der Waals surface area contributed by atoms with Crippen molar-refractivity contribution in [2.75, 3.05) is 7.11 Å². The third-order valence-corrected chi connectivity index (χ3v) is 2.85. The molecule has 0 amide bonds. The van der Waals surface area contributed by atoms with Gasteiger partial charge in [-0.15, -0.1) is 0 Å². The molecule has 0 aliphatic heterocycles. The normalized spacial score (nSPS) is 13.2. The van der Waals surface area contributed by atoms with Crippen molar-refractivity contribution in [1.82, 2.24) is 9.55 Å². The summed E-state index contributed by atoms with van der Waals surface area (Å²) in [7, 11) is 1.71. The monoisotopic (exact) mass is 222 g/mol. The minimum Gasteiger partial charge on any atom is -0.380 e. The number of benzene rings is 1. The topological polar surface area (TPSA) is 29.9 Å². The summed E-state index contributed by atoms with van der Waals surface area (Å²) in [5.41, 5.74) is 2.21. The second kappa shape index (κ2) is 4.16. The van der Waals surface area contributed by atoms with Gasteiger partial charge in [0.1, 0.15) is 0 Å². The molecule has 2 aromatic rings. The van der Waals surface area contributed by atoms with Gasteiger partial charge in [-0.1, -0.05) is 12.1 Å². The number of para-hydroxylation sites is 2. The number of ether oxygens (including phenoxy) is 1. The Bertz CT molecular complexity index is 515. The molecule has 0 bridgehead atoms. The Morgan fingerprint density at radius 1 is 1.47 bits per heavy atom. The van der Waals surface area contributed by atoms with E-state index in [1.807, 2.05) is 25.1 Å². The van der Waals surface area contributed by atoms with Crippen molar-refractivity contribution in [2.24, 2.45) is 0 Å². The molecule has 1 N–H and O–H groups in total. The first kappa shape index (κ1) is 10.4. The number of imidazole rings is 1. The molecular weight excluding hydrogens is 208 g/mol. The fourth-order valence-corrected chi connectivity index (χ4v) is 1.90. The molecule has 0 fully saturated rings. The summed E-state index contributed by atoms with van der Waals surface area (Å²) < 4.78 is 8.06. The predicted octanol–water partition coefficient (Wildman–Crippen LogP) is 2.73. The zero-order valence-electron chi connectivity index (χ0n) is 8.86. The maximum absolute atomic E-state index is 5.27. The number of aromatic amines is 1. The molecule has 2 rings (SSSR count). The van der Waals surface area contributed by atoms with Gasteiger partial charge in [0.05, 0.1) is 23.7 Å². The largest absolute Gasteiger partial charge is 0.380 e. The van der Waals surface area contributed by atoms with E-state index in [-0.39, 0.29) is 6.10 Å². The van der Waals surface area contributed by atoms with Crippen LogP contribution in [0, 0.1) is 4.77 Å². The van der Waals surface area contributed by atoms with Crippen LogP contribution in [-0.4, -0.2) is 22.8 Å². The van der Waals surface area contributed by atoms with Crippen LogP contribution in [0.2, 0.25) is 0 Å². The fourth-order valence-electron chi connectivity index (χ4n) is 1.62. The van der Waals surface area contributed by atoms with Crippen LogP contribution in [0.25, 0.3) is 11.0 Å². The lowest BCUT2D eigenvalue weighted by molar-refractivity contribution is 0.104. The molecule has 1 aromatic heterocycles. The molecule has 0 saturated carbocycles. The number of H-pyrrole nitrogens is 1. The molecule has 80 valence electrons. The third-order valence-electron chi connectivity index (χ3n) is 2.52. The molecule has 4 heteroatoms. The second-order valence-corrected chi connectivity index (χ2v) is 3.99. The standard InChI is InChI=1S/C11H14N2OS/c1-8(14-2)7-13-10-6-4-3-5-9(10)12-11(13)15/h3-6,8H,7H2,1-2H3,(H,12,15). The van der Waals surface area contributed by atoms with Gasteiger partial charge in [0.25, 0.3) is 0 Å². The summed E-state index contributed by atoms with van der Waals surface area (Å²) in [6.45, 7) is 2.81. The SMILES string of the molecule is COC(C)Cn1c(=S)[nH]c2ccccc21. The van der Waals surface area contributed by atoms with E-state index in [1.165, 1.54) is 0 Å². The smallest absolute Gasteiger partial charge is 0.178 e. The first-order valence-corrected chi connectivity index (χ1v) is 5.33. The highest BCUT2D eigenvalue weighted by molar-refractivity contribution is 7.71. The number of aromatic nitrogens is 2. The number of hydrogen-bond acceptors (Lipinski definition) is 2. The maximum atomic E-state index is 5.27. The Morgan fingerprint density at radius 2 is 2.20 bits per heavy atom. The molecular formula is C11H14N2OS. The first-order chi connectivity index (χ1) is 7.22. The van der Waals surface area contributed by atoms with E-state index < -0.39 is 0 Å². The predicted molar refractivity (Wildman–Crippen MR) is 63.6 cm³/mol. The minimum absolute atomic E-state index is 0.163. The van der Waals surface area contributed by atoms with Crippen molar-refractivity contribution >= 4 is 23.3 Å². The molecule has 0 aliphatic rings. The number of hydrogen-bond donors (Lipinski definition) is 1. The number of nitrogens with one attached hydrogen (secondary N) is 1. The highest BCUT2D eigenvalue weighted by Gasteiger charge is 2.06. The molecule has 1 unspecified atom stereocenters. The highest BCUT2D eigenvalue weighted by atomic mass is 32.1. The Balaban J connectivity index is 2.50. The summed E-state index contributed by atoms with van der Waals surface area (Å²) in [4.78, 5) is 3.18. The molecule has 1 heterocycles. The van der Waals surface area contributed by atoms with Gasteiger partial charge >= 0.3 is 0 Å². The van der Waals surface area contributed by atoms with Crippen molar-refractivity contribution < 1.29 is 4.74 Å². The summed E-state index contributed by atoms with van der Waals surface area (Å²) in [6.07, 6.45) is 0.163. The number of rotatable bonds is 3. The maximum Gasteiger partial charge on any atom is 0.178 e. The van der Waals surface area contributed by atoms with E-state index in [4.69, 9.17) is 17.0 Å². The molecule has 0 spiro atoms.